The molecule has 2 rings (SSSR count). The second-order valence-corrected chi connectivity index (χ2v) is 5.44. The van der Waals surface area contributed by atoms with Crippen molar-refractivity contribution in [3.05, 3.63) is 24.3 Å². The fraction of sp³-hybridized carbons (Fsp3) is 0.533. The van der Waals surface area contributed by atoms with Gasteiger partial charge < -0.3 is 20.5 Å². The lowest BCUT2D eigenvalue weighted by atomic mass is 9.88. The highest BCUT2D eigenvalue weighted by molar-refractivity contribution is 5.70. The molecule has 5 nitrogen and oxygen atoms in total. The summed E-state index contributed by atoms with van der Waals surface area (Å²) in [7, 11) is 0. The monoisotopic (exact) mass is 278 g/mol. The third kappa shape index (κ3) is 3.63. The van der Waals surface area contributed by atoms with E-state index >= 15 is 0 Å². The number of carboxylic acids is 1. The predicted octanol–water partition coefficient (Wildman–Crippen LogP) is 2.09. The molecule has 1 unspecified atom stereocenters. The molecule has 1 aliphatic heterocycles. The summed E-state index contributed by atoms with van der Waals surface area (Å²) in [6.07, 6.45) is 1.23. The lowest BCUT2D eigenvalue weighted by Crippen LogP contribution is -2.65. The molecule has 1 aliphatic rings. The van der Waals surface area contributed by atoms with Gasteiger partial charge in [0.1, 0.15) is 5.75 Å². The van der Waals surface area contributed by atoms with Gasteiger partial charge in [0.15, 0.2) is 0 Å². The number of aliphatic carboxylic acids is 1. The van der Waals surface area contributed by atoms with Crippen molar-refractivity contribution in [2.45, 2.75) is 38.3 Å². The highest BCUT2D eigenvalue weighted by Gasteiger charge is 2.39. The van der Waals surface area contributed by atoms with E-state index in [1.807, 2.05) is 31.2 Å². The summed E-state index contributed by atoms with van der Waals surface area (Å²) in [5, 5.41) is 15.5. The van der Waals surface area contributed by atoms with E-state index in [-0.39, 0.29) is 18.1 Å². The van der Waals surface area contributed by atoms with E-state index in [1.165, 1.54) is 0 Å². The van der Waals surface area contributed by atoms with Gasteiger partial charge in [-0.2, -0.15) is 0 Å². The lowest BCUT2D eigenvalue weighted by molar-refractivity contribution is -0.138. The van der Waals surface area contributed by atoms with E-state index < -0.39 is 5.97 Å². The molecule has 1 atom stereocenters. The first kappa shape index (κ1) is 14.7. The molecular formula is C15H22N2O3. The zero-order chi connectivity index (χ0) is 14.6. The molecule has 0 bridgehead atoms. The fourth-order valence-corrected chi connectivity index (χ4v) is 2.24. The summed E-state index contributed by atoms with van der Waals surface area (Å²) >= 11 is 0. The van der Waals surface area contributed by atoms with Gasteiger partial charge in [0.25, 0.3) is 0 Å². The second-order valence-electron chi connectivity index (χ2n) is 5.44. The Morgan fingerprint density at radius 2 is 2.30 bits per heavy atom. The zero-order valence-electron chi connectivity index (χ0n) is 12.0. The van der Waals surface area contributed by atoms with Crippen molar-refractivity contribution >= 4 is 11.7 Å². The van der Waals surface area contributed by atoms with Crippen molar-refractivity contribution < 1.29 is 14.6 Å². The molecule has 1 saturated heterocycles. The van der Waals surface area contributed by atoms with E-state index in [1.54, 1.807) is 0 Å². The number of nitrogens with one attached hydrogen (secondary N) is 2. The van der Waals surface area contributed by atoms with E-state index in [0.717, 1.165) is 17.9 Å². The van der Waals surface area contributed by atoms with Crippen molar-refractivity contribution in [1.82, 2.24) is 5.32 Å². The summed E-state index contributed by atoms with van der Waals surface area (Å²) in [6.45, 7) is 5.43. The Bertz CT molecular complexity index is 472. The molecule has 0 aromatic heterocycles. The Kier molecular flexibility index (Phi) is 4.49. The SMILES string of the molecule is CCC(C)Oc1cccc(NC2(CC(=O)O)CNC2)c1. The number of rotatable bonds is 7. The van der Waals surface area contributed by atoms with Crippen molar-refractivity contribution in [3.8, 4) is 5.75 Å². The molecule has 3 N–H and O–H groups in total. The molecule has 1 heterocycles. The minimum absolute atomic E-state index is 0.108. The van der Waals surface area contributed by atoms with Crippen LogP contribution >= 0.6 is 0 Å². The van der Waals surface area contributed by atoms with Crippen LogP contribution in [0.1, 0.15) is 26.7 Å². The van der Waals surface area contributed by atoms with E-state index in [4.69, 9.17) is 9.84 Å². The molecule has 110 valence electrons. The maximum atomic E-state index is 11.0. The molecule has 0 spiro atoms. The largest absolute Gasteiger partial charge is 0.491 e. The van der Waals surface area contributed by atoms with Crippen LogP contribution in [0.2, 0.25) is 0 Å². The highest BCUT2D eigenvalue weighted by atomic mass is 16.5. The third-order valence-corrected chi connectivity index (χ3v) is 3.57. The van der Waals surface area contributed by atoms with Crippen molar-refractivity contribution in [2.24, 2.45) is 0 Å². The Balaban J connectivity index is 2.05. The number of benzene rings is 1. The van der Waals surface area contributed by atoms with Gasteiger partial charge in [-0.05, 0) is 25.5 Å². The topological polar surface area (TPSA) is 70.6 Å². The van der Waals surface area contributed by atoms with Gasteiger partial charge in [-0.15, -0.1) is 0 Å². The summed E-state index contributed by atoms with van der Waals surface area (Å²) in [4.78, 5) is 11.0. The molecule has 0 aliphatic carbocycles. The fourth-order valence-electron chi connectivity index (χ4n) is 2.24. The van der Waals surface area contributed by atoms with Crippen LogP contribution in [0.5, 0.6) is 5.75 Å². The van der Waals surface area contributed by atoms with Gasteiger partial charge in [0.2, 0.25) is 0 Å². The van der Waals surface area contributed by atoms with E-state index in [2.05, 4.69) is 17.6 Å². The van der Waals surface area contributed by atoms with Crippen LogP contribution in [0.15, 0.2) is 24.3 Å². The minimum Gasteiger partial charge on any atom is -0.491 e. The molecule has 1 aromatic rings. The van der Waals surface area contributed by atoms with Gasteiger partial charge in [0.05, 0.1) is 18.1 Å². The standard InChI is InChI=1S/C15H22N2O3/c1-3-11(2)20-13-6-4-5-12(7-13)17-15(8-14(18)19)9-16-10-15/h4-7,11,16-17H,3,8-10H2,1-2H3,(H,18,19). The Morgan fingerprint density at radius 3 is 2.85 bits per heavy atom. The molecule has 0 saturated carbocycles. The number of hydrogen-bond acceptors (Lipinski definition) is 4. The minimum atomic E-state index is -0.786. The predicted molar refractivity (Wildman–Crippen MR) is 78.3 cm³/mol. The van der Waals surface area contributed by atoms with Gasteiger partial charge >= 0.3 is 5.97 Å². The van der Waals surface area contributed by atoms with Crippen LogP contribution in [0.4, 0.5) is 5.69 Å². The number of anilines is 1. The Hall–Kier alpha value is -1.75. The van der Waals surface area contributed by atoms with Gasteiger partial charge in [-0.1, -0.05) is 13.0 Å². The highest BCUT2D eigenvalue weighted by Crippen LogP contribution is 2.26. The lowest BCUT2D eigenvalue weighted by Gasteiger charge is -2.43. The molecular weight excluding hydrogens is 256 g/mol. The first-order valence-electron chi connectivity index (χ1n) is 7.00. The third-order valence-electron chi connectivity index (χ3n) is 3.57. The maximum absolute atomic E-state index is 11.0. The smallest absolute Gasteiger partial charge is 0.305 e. The first-order chi connectivity index (χ1) is 9.53. The molecule has 1 aromatic carbocycles. The summed E-state index contributed by atoms with van der Waals surface area (Å²) in [5.41, 5.74) is 0.509. The number of hydrogen-bond donors (Lipinski definition) is 3. The van der Waals surface area contributed by atoms with Gasteiger partial charge in [0, 0.05) is 24.8 Å². The molecule has 0 radical (unpaired) electrons. The van der Waals surface area contributed by atoms with Crippen molar-refractivity contribution in [3.63, 3.8) is 0 Å². The number of ether oxygens (including phenoxy) is 1. The molecule has 20 heavy (non-hydrogen) atoms. The maximum Gasteiger partial charge on any atom is 0.305 e. The summed E-state index contributed by atoms with van der Waals surface area (Å²) < 4.78 is 5.78. The molecule has 0 amide bonds. The van der Waals surface area contributed by atoms with Crippen LogP contribution in [-0.2, 0) is 4.79 Å². The quantitative estimate of drug-likeness (QED) is 0.712. The second kappa shape index (κ2) is 6.13. The Morgan fingerprint density at radius 1 is 1.55 bits per heavy atom. The normalized spacial score (nSPS) is 17.9. The van der Waals surface area contributed by atoms with Crippen molar-refractivity contribution in [2.75, 3.05) is 18.4 Å². The van der Waals surface area contributed by atoms with Crippen LogP contribution < -0.4 is 15.4 Å². The average Bonchev–Trinajstić information content (AvgIpc) is 2.36. The summed E-state index contributed by atoms with van der Waals surface area (Å²) in [5.74, 6) is 0.0214. The van der Waals surface area contributed by atoms with Gasteiger partial charge in [-0.25, -0.2) is 0 Å². The van der Waals surface area contributed by atoms with E-state index in [9.17, 15) is 4.79 Å². The Labute approximate surface area is 119 Å². The number of carbonyl (C=O) groups is 1. The van der Waals surface area contributed by atoms with Crippen LogP contribution in [0, 0.1) is 0 Å². The molecule has 1 fully saturated rings. The number of carboxylic acid groups (broad SMARTS) is 1. The van der Waals surface area contributed by atoms with Crippen LogP contribution in [-0.4, -0.2) is 35.8 Å². The van der Waals surface area contributed by atoms with E-state index in [0.29, 0.717) is 13.1 Å². The van der Waals surface area contributed by atoms with Gasteiger partial charge in [-0.3, -0.25) is 4.79 Å². The summed E-state index contributed by atoms with van der Waals surface area (Å²) in [6, 6.07) is 7.69. The average molecular weight is 278 g/mol. The van der Waals surface area contributed by atoms with Crippen molar-refractivity contribution in [1.29, 1.82) is 0 Å². The van der Waals surface area contributed by atoms with Crippen LogP contribution in [0.3, 0.4) is 0 Å². The zero-order valence-corrected chi connectivity index (χ0v) is 12.0. The van der Waals surface area contributed by atoms with Crippen LogP contribution in [0.25, 0.3) is 0 Å². The first-order valence-corrected chi connectivity index (χ1v) is 7.00. The molecule has 5 heteroatoms.